The topological polar surface area (TPSA) is 54.3 Å². The molecule has 0 atom stereocenters. The zero-order chi connectivity index (χ0) is 13.7. The molecular weight excluding hydrogens is 240 g/mol. The molecule has 0 unspecified atom stereocenters. The predicted octanol–water partition coefficient (Wildman–Crippen LogP) is 3.03. The molecule has 1 aromatic heterocycles. The highest BCUT2D eigenvalue weighted by Crippen LogP contribution is 2.16. The van der Waals surface area contributed by atoms with Crippen LogP contribution in [0.15, 0.2) is 47.1 Å². The van der Waals surface area contributed by atoms with E-state index < -0.39 is 0 Å². The van der Waals surface area contributed by atoms with Gasteiger partial charge in [-0.05, 0) is 38.1 Å². The molecule has 0 bridgehead atoms. The third-order valence-electron chi connectivity index (χ3n) is 2.62. The van der Waals surface area contributed by atoms with Crippen molar-refractivity contribution >= 4 is 11.6 Å². The van der Waals surface area contributed by atoms with Crippen molar-refractivity contribution in [1.82, 2.24) is 5.32 Å². The molecule has 1 heterocycles. The second-order valence-corrected chi connectivity index (χ2v) is 4.61. The minimum Gasteiger partial charge on any atom is -0.467 e. The number of furan rings is 1. The smallest absolute Gasteiger partial charge is 0.253 e. The maximum absolute atomic E-state index is 12.1. The molecule has 0 aliphatic rings. The largest absolute Gasteiger partial charge is 0.467 e. The fourth-order valence-corrected chi connectivity index (χ4v) is 1.79. The molecule has 4 nitrogen and oxygen atoms in total. The van der Waals surface area contributed by atoms with Crippen LogP contribution in [-0.2, 0) is 6.54 Å². The molecule has 1 aromatic carbocycles. The first-order valence-corrected chi connectivity index (χ1v) is 6.33. The van der Waals surface area contributed by atoms with Crippen LogP contribution in [0.3, 0.4) is 0 Å². The molecule has 0 radical (unpaired) electrons. The third kappa shape index (κ3) is 3.61. The van der Waals surface area contributed by atoms with E-state index in [0.29, 0.717) is 12.1 Å². The van der Waals surface area contributed by atoms with Gasteiger partial charge in [-0.1, -0.05) is 12.1 Å². The average Bonchev–Trinajstić information content (AvgIpc) is 2.89. The van der Waals surface area contributed by atoms with Crippen molar-refractivity contribution in [1.29, 1.82) is 0 Å². The molecule has 4 heteroatoms. The highest BCUT2D eigenvalue weighted by atomic mass is 16.3. The Bertz CT molecular complexity index is 533. The SMILES string of the molecule is CC(C)Nc1ccccc1C(=O)NCc1ccco1. The summed E-state index contributed by atoms with van der Waals surface area (Å²) in [6, 6.07) is 11.4. The van der Waals surface area contributed by atoms with E-state index >= 15 is 0 Å². The van der Waals surface area contributed by atoms with Crippen LogP contribution in [0.1, 0.15) is 30.0 Å². The molecule has 1 amide bonds. The number of amides is 1. The van der Waals surface area contributed by atoms with Crippen LogP contribution in [0, 0.1) is 0 Å². The number of benzene rings is 1. The minimum absolute atomic E-state index is 0.111. The Morgan fingerprint density at radius 1 is 1.21 bits per heavy atom. The molecule has 0 saturated carbocycles. The molecule has 19 heavy (non-hydrogen) atoms. The molecule has 0 aliphatic carbocycles. The van der Waals surface area contributed by atoms with Gasteiger partial charge in [-0.25, -0.2) is 0 Å². The third-order valence-corrected chi connectivity index (χ3v) is 2.62. The van der Waals surface area contributed by atoms with Gasteiger partial charge >= 0.3 is 0 Å². The molecule has 2 aromatic rings. The number of carbonyl (C=O) groups is 1. The lowest BCUT2D eigenvalue weighted by molar-refractivity contribution is 0.0949. The lowest BCUT2D eigenvalue weighted by Gasteiger charge is -2.14. The van der Waals surface area contributed by atoms with E-state index in [0.717, 1.165) is 11.4 Å². The lowest BCUT2D eigenvalue weighted by atomic mass is 10.1. The van der Waals surface area contributed by atoms with Crippen molar-refractivity contribution in [3.63, 3.8) is 0 Å². The van der Waals surface area contributed by atoms with Crippen LogP contribution in [0.25, 0.3) is 0 Å². The van der Waals surface area contributed by atoms with Crippen LogP contribution in [0.4, 0.5) is 5.69 Å². The summed E-state index contributed by atoms with van der Waals surface area (Å²) in [4.78, 5) is 12.1. The van der Waals surface area contributed by atoms with Gasteiger partial charge in [0, 0.05) is 11.7 Å². The van der Waals surface area contributed by atoms with Crippen LogP contribution in [0.5, 0.6) is 0 Å². The minimum atomic E-state index is -0.111. The maximum Gasteiger partial charge on any atom is 0.253 e. The molecular formula is C15H18N2O2. The van der Waals surface area contributed by atoms with Gasteiger partial charge in [0.25, 0.3) is 5.91 Å². The lowest BCUT2D eigenvalue weighted by Crippen LogP contribution is -2.24. The summed E-state index contributed by atoms with van der Waals surface area (Å²) in [6.07, 6.45) is 1.59. The second kappa shape index (κ2) is 6.09. The fraction of sp³-hybridized carbons (Fsp3) is 0.267. The highest BCUT2D eigenvalue weighted by Gasteiger charge is 2.11. The zero-order valence-electron chi connectivity index (χ0n) is 11.1. The summed E-state index contributed by atoms with van der Waals surface area (Å²) in [6.45, 7) is 4.47. The first kappa shape index (κ1) is 13.2. The number of hydrogen-bond donors (Lipinski definition) is 2. The van der Waals surface area contributed by atoms with Gasteiger partial charge in [0.05, 0.1) is 18.4 Å². The van der Waals surface area contributed by atoms with Crippen LogP contribution in [-0.4, -0.2) is 11.9 Å². The van der Waals surface area contributed by atoms with E-state index in [1.807, 2.05) is 44.2 Å². The molecule has 0 aliphatic heterocycles. The van der Waals surface area contributed by atoms with Crippen LogP contribution < -0.4 is 10.6 Å². The van der Waals surface area contributed by atoms with Gasteiger partial charge in [-0.3, -0.25) is 4.79 Å². The number of para-hydroxylation sites is 1. The average molecular weight is 258 g/mol. The van der Waals surface area contributed by atoms with E-state index in [-0.39, 0.29) is 11.9 Å². The van der Waals surface area contributed by atoms with Crippen molar-refractivity contribution < 1.29 is 9.21 Å². The Labute approximate surface area is 112 Å². The first-order chi connectivity index (χ1) is 9.16. The molecule has 0 spiro atoms. The van der Waals surface area contributed by atoms with E-state index in [1.165, 1.54) is 0 Å². The summed E-state index contributed by atoms with van der Waals surface area (Å²) < 4.78 is 5.18. The summed E-state index contributed by atoms with van der Waals surface area (Å²) in [5.41, 5.74) is 1.48. The first-order valence-electron chi connectivity index (χ1n) is 6.33. The summed E-state index contributed by atoms with van der Waals surface area (Å²) >= 11 is 0. The normalized spacial score (nSPS) is 10.5. The fourth-order valence-electron chi connectivity index (χ4n) is 1.79. The van der Waals surface area contributed by atoms with Gasteiger partial charge < -0.3 is 15.1 Å². The molecule has 0 fully saturated rings. The molecule has 0 saturated heterocycles. The second-order valence-electron chi connectivity index (χ2n) is 4.61. The van der Waals surface area contributed by atoms with Gasteiger partial charge in [-0.15, -0.1) is 0 Å². The maximum atomic E-state index is 12.1. The number of nitrogens with one attached hydrogen (secondary N) is 2. The Morgan fingerprint density at radius 2 is 2.00 bits per heavy atom. The van der Waals surface area contributed by atoms with E-state index in [2.05, 4.69) is 10.6 Å². The number of carbonyl (C=O) groups excluding carboxylic acids is 1. The standard InChI is InChI=1S/C15H18N2O2/c1-11(2)17-14-8-4-3-7-13(14)15(18)16-10-12-6-5-9-19-12/h3-9,11,17H,10H2,1-2H3,(H,16,18). The molecule has 2 rings (SSSR count). The Morgan fingerprint density at radius 3 is 2.68 bits per heavy atom. The number of anilines is 1. The van der Waals surface area contributed by atoms with Crippen molar-refractivity contribution in [2.24, 2.45) is 0 Å². The van der Waals surface area contributed by atoms with Crippen molar-refractivity contribution in [2.75, 3.05) is 5.32 Å². The highest BCUT2D eigenvalue weighted by molar-refractivity contribution is 5.99. The Balaban J connectivity index is 2.06. The van der Waals surface area contributed by atoms with Gasteiger partial charge in [0.15, 0.2) is 0 Å². The Kier molecular flexibility index (Phi) is 4.23. The van der Waals surface area contributed by atoms with Crippen LogP contribution in [0.2, 0.25) is 0 Å². The van der Waals surface area contributed by atoms with Gasteiger partial charge in [0.2, 0.25) is 0 Å². The van der Waals surface area contributed by atoms with Crippen molar-refractivity contribution in [2.45, 2.75) is 26.4 Å². The zero-order valence-corrected chi connectivity index (χ0v) is 11.1. The summed E-state index contributed by atoms with van der Waals surface area (Å²) in [5, 5.41) is 6.11. The van der Waals surface area contributed by atoms with Crippen molar-refractivity contribution in [3.8, 4) is 0 Å². The summed E-state index contributed by atoms with van der Waals surface area (Å²) in [5.74, 6) is 0.628. The summed E-state index contributed by atoms with van der Waals surface area (Å²) in [7, 11) is 0. The Hall–Kier alpha value is -2.23. The van der Waals surface area contributed by atoms with E-state index in [9.17, 15) is 4.79 Å². The quantitative estimate of drug-likeness (QED) is 0.866. The van der Waals surface area contributed by atoms with Crippen molar-refractivity contribution in [3.05, 3.63) is 54.0 Å². The van der Waals surface area contributed by atoms with E-state index in [4.69, 9.17) is 4.42 Å². The number of rotatable bonds is 5. The molecule has 100 valence electrons. The van der Waals surface area contributed by atoms with Gasteiger partial charge in [0.1, 0.15) is 5.76 Å². The monoisotopic (exact) mass is 258 g/mol. The predicted molar refractivity (Wildman–Crippen MR) is 75.1 cm³/mol. The molecule has 2 N–H and O–H groups in total. The van der Waals surface area contributed by atoms with E-state index in [1.54, 1.807) is 12.3 Å². The van der Waals surface area contributed by atoms with Gasteiger partial charge in [-0.2, -0.15) is 0 Å². The van der Waals surface area contributed by atoms with Crippen LogP contribution >= 0.6 is 0 Å². The number of hydrogen-bond acceptors (Lipinski definition) is 3.